The zero-order chi connectivity index (χ0) is 21.5. The number of aromatic nitrogens is 2. The van der Waals surface area contributed by atoms with Crippen LogP contribution in [0.2, 0.25) is 0 Å². The molecule has 5 rings (SSSR count). The van der Waals surface area contributed by atoms with Gasteiger partial charge in [0.05, 0.1) is 27.1 Å². The van der Waals surface area contributed by atoms with E-state index in [1.54, 1.807) is 42.5 Å². The Hall–Kier alpha value is -4.59. The maximum atomic E-state index is 13.4. The molecule has 0 bridgehead atoms. The van der Waals surface area contributed by atoms with Gasteiger partial charge in [-0.1, -0.05) is 36.4 Å². The molecule has 31 heavy (non-hydrogen) atoms. The second-order valence-electron chi connectivity index (χ2n) is 6.96. The van der Waals surface area contributed by atoms with Gasteiger partial charge in [-0.3, -0.25) is 24.3 Å². The zero-order valence-electron chi connectivity index (χ0n) is 16.0. The third-order valence-corrected chi connectivity index (χ3v) is 5.08. The minimum Gasteiger partial charge on any atom is -0.321 e. The van der Waals surface area contributed by atoms with Crippen LogP contribution < -0.4 is 10.9 Å². The number of para-hydroxylation sites is 2. The van der Waals surface area contributed by atoms with Crippen LogP contribution in [0.1, 0.15) is 11.4 Å². The average Bonchev–Trinajstić information content (AvgIpc) is 3.09. The summed E-state index contributed by atoms with van der Waals surface area (Å²) in [7, 11) is 0. The van der Waals surface area contributed by atoms with Crippen LogP contribution in [0.3, 0.4) is 0 Å². The van der Waals surface area contributed by atoms with Crippen molar-refractivity contribution in [2.45, 2.75) is 0 Å². The van der Waals surface area contributed by atoms with Gasteiger partial charge in [-0.25, -0.2) is 4.98 Å². The average molecular weight is 410 g/mol. The van der Waals surface area contributed by atoms with Crippen LogP contribution in [0.15, 0.2) is 77.6 Å². The van der Waals surface area contributed by atoms with Gasteiger partial charge < -0.3 is 5.32 Å². The smallest absolute Gasteiger partial charge is 0.271 e. The first kappa shape index (κ1) is 18.4. The number of carbonyl (C=O) groups is 1. The second-order valence-corrected chi connectivity index (χ2v) is 6.96. The van der Waals surface area contributed by atoms with Crippen LogP contribution >= 0.6 is 0 Å². The minimum absolute atomic E-state index is 0.153. The Morgan fingerprint density at radius 3 is 2.58 bits per heavy atom. The molecule has 1 aromatic heterocycles. The van der Waals surface area contributed by atoms with Crippen molar-refractivity contribution in [3.63, 3.8) is 0 Å². The topological polar surface area (TPSA) is 107 Å². The fraction of sp³-hybridized carbons (Fsp3) is 0. The van der Waals surface area contributed by atoms with E-state index in [-0.39, 0.29) is 28.7 Å². The van der Waals surface area contributed by atoms with E-state index in [2.05, 4.69) is 10.3 Å². The summed E-state index contributed by atoms with van der Waals surface area (Å²) in [5.74, 6) is -0.111. The Bertz CT molecular complexity index is 1490. The van der Waals surface area contributed by atoms with E-state index in [9.17, 15) is 19.7 Å². The Morgan fingerprint density at radius 1 is 0.968 bits per heavy atom. The lowest BCUT2D eigenvalue weighted by atomic mass is 10.1. The number of carbonyl (C=O) groups excluding carboxylic acids is 1. The maximum absolute atomic E-state index is 13.4. The molecule has 1 amide bonds. The fourth-order valence-corrected chi connectivity index (χ4v) is 3.65. The van der Waals surface area contributed by atoms with Crippen molar-refractivity contribution in [3.05, 3.63) is 105 Å². The molecule has 2 heterocycles. The molecule has 3 aromatic carbocycles. The molecule has 1 aliphatic rings. The Labute approximate surface area is 175 Å². The molecule has 150 valence electrons. The summed E-state index contributed by atoms with van der Waals surface area (Å²) in [6.45, 7) is 0. The predicted octanol–water partition coefficient (Wildman–Crippen LogP) is 3.79. The van der Waals surface area contributed by atoms with E-state index in [1.807, 2.05) is 12.1 Å². The molecule has 0 aliphatic carbocycles. The summed E-state index contributed by atoms with van der Waals surface area (Å²) in [6, 6.07) is 19.8. The summed E-state index contributed by atoms with van der Waals surface area (Å²) in [5, 5.41) is 14.4. The Kier molecular flexibility index (Phi) is 4.18. The normalized spacial score (nSPS) is 13.9. The number of non-ortho nitro benzene ring substituents is 1. The van der Waals surface area contributed by atoms with Crippen LogP contribution in [0.5, 0.6) is 0 Å². The van der Waals surface area contributed by atoms with Crippen LogP contribution in [0.25, 0.3) is 28.2 Å². The molecule has 1 aliphatic heterocycles. The van der Waals surface area contributed by atoms with Crippen LogP contribution in [-0.2, 0) is 4.79 Å². The van der Waals surface area contributed by atoms with Crippen molar-refractivity contribution in [2.75, 3.05) is 5.32 Å². The highest BCUT2D eigenvalue weighted by molar-refractivity contribution is 6.34. The maximum Gasteiger partial charge on any atom is 0.271 e. The lowest BCUT2D eigenvalue weighted by Crippen LogP contribution is -2.22. The number of hydrogen-bond donors (Lipinski definition) is 1. The third-order valence-electron chi connectivity index (χ3n) is 5.08. The molecule has 8 nitrogen and oxygen atoms in total. The molecule has 0 saturated carbocycles. The number of nitrogens with zero attached hydrogens (tertiary/aromatic N) is 3. The van der Waals surface area contributed by atoms with Crippen molar-refractivity contribution < 1.29 is 9.72 Å². The minimum atomic E-state index is -0.526. The van der Waals surface area contributed by atoms with Crippen molar-refractivity contribution >= 4 is 39.8 Å². The highest BCUT2D eigenvalue weighted by atomic mass is 16.6. The van der Waals surface area contributed by atoms with Gasteiger partial charge in [0.15, 0.2) is 0 Å². The SMILES string of the molecule is O=C1Nc2ccccc2/C1=C/c1nc2ccccc2c(=O)n1-c1cccc([N+](=O)[O-])c1. The van der Waals surface area contributed by atoms with Crippen molar-refractivity contribution in [2.24, 2.45) is 0 Å². The standard InChI is InChI=1S/C23H14N4O4/c28-22-18(16-8-1-3-10-19(16)25-22)13-21-24-20-11-4-2-9-17(20)23(29)26(21)14-6-5-7-15(12-14)27(30)31/h1-13H,(H,25,28)/b18-13-. The summed E-state index contributed by atoms with van der Waals surface area (Å²) >= 11 is 0. The van der Waals surface area contributed by atoms with Crippen LogP contribution in [-0.4, -0.2) is 20.4 Å². The molecular formula is C23H14N4O4. The highest BCUT2D eigenvalue weighted by Gasteiger charge is 2.25. The first-order valence-electron chi connectivity index (χ1n) is 9.42. The molecule has 0 radical (unpaired) electrons. The molecule has 0 saturated heterocycles. The predicted molar refractivity (Wildman–Crippen MR) is 117 cm³/mol. The van der Waals surface area contributed by atoms with Crippen molar-refractivity contribution in [3.8, 4) is 5.69 Å². The van der Waals surface area contributed by atoms with Gasteiger partial charge in [0.1, 0.15) is 5.82 Å². The largest absolute Gasteiger partial charge is 0.321 e. The van der Waals surface area contributed by atoms with Crippen LogP contribution in [0, 0.1) is 10.1 Å². The summed E-state index contributed by atoms with van der Waals surface area (Å²) < 4.78 is 1.29. The van der Waals surface area contributed by atoms with Gasteiger partial charge in [-0.2, -0.15) is 0 Å². The molecule has 1 N–H and O–H groups in total. The van der Waals surface area contributed by atoms with Gasteiger partial charge >= 0.3 is 0 Å². The monoisotopic (exact) mass is 410 g/mol. The quantitative estimate of drug-likeness (QED) is 0.314. The van der Waals surface area contributed by atoms with Crippen molar-refractivity contribution in [1.29, 1.82) is 0 Å². The van der Waals surface area contributed by atoms with Gasteiger partial charge in [-0.15, -0.1) is 0 Å². The lowest BCUT2D eigenvalue weighted by Gasteiger charge is -2.12. The second kappa shape index (κ2) is 7.03. The molecule has 0 unspecified atom stereocenters. The first-order valence-corrected chi connectivity index (χ1v) is 9.42. The summed E-state index contributed by atoms with van der Waals surface area (Å²) in [5.41, 5.74) is 1.94. The van der Waals surface area contributed by atoms with Gasteiger partial charge in [-0.05, 0) is 30.3 Å². The molecule has 8 heteroatoms. The molecular weight excluding hydrogens is 396 g/mol. The van der Waals surface area contributed by atoms with E-state index in [4.69, 9.17) is 0 Å². The van der Waals surface area contributed by atoms with E-state index in [0.29, 0.717) is 27.7 Å². The van der Waals surface area contributed by atoms with E-state index >= 15 is 0 Å². The highest BCUT2D eigenvalue weighted by Crippen LogP contribution is 2.32. The van der Waals surface area contributed by atoms with E-state index in [1.165, 1.54) is 28.8 Å². The molecule has 0 fully saturated rings. The van der Waals surface area contributed by atoms with Gasteiger partial charge in [0, 0.05) is 23.4 Å². The number of rotatable bonds is 3. The Morgan fingerprint density at radius 2 is 1.74 bits per heavy atom. The lowest BCUT2D eigenvalue weighted by molar-refractivity contribution is -0.384. The number of anilines is 1. The Balaban J connectivity index is 1.82. The number of nitrogens with one attached hydrogen (secondary N) is 1. The third kappa shape index (κ3) is 3.06. The number of fused-ring (bicyclic) bond motifs is 2. The van der Waals surface area contributed by atoms with Gasteiger partial charge in [0.25, 0.3) is 17.2 Å². The number of nitro benzene ring substituents is 1. The zero-order valence-corrected chi connectivity index (χ0v) is 16.0. The van der Waals surface area contributed by atoms with Crippen LogP contribution in [0.4, 0.5) is 11.4 Å². The molecule has 0 atom stereocenters. The van der Waals surface area contributed by atoms with E-state index < -0.39 is 4.92 Å². The number of nitro groups is 1. The van der Waals surface area contributed by atoms with Crippen molar-refractivity contribution in [1.82, 2.24) is 9.55 Å². The number of hydrogen-bond acceptors (Lipinski definition) is 5. The van der Waals surface area contributed by atoms with Gasteiger partial charge in [0.2, 0.25) is 0 Å². The summed E-state index contributed by atoms with van der Waals surface area (Å²) in [6.07, 6.45) is 1.54. The van der Waals surface area contributed by atoms with E-state index in [0.717, 1.165) is 0 Å². The summed E-state index contributed by atoms with van der Waals surface area (Å²) in [4.78, 5) is 41.3. The number of benzene rings is 3. The fourth-order valence-electron chi connectivity index (χ4n) is 3.65. The molecule has 0 spiro atoms. The first-order chi connectivity index (χ1) is 15.0. The number of amides is 1. The molecule has 4 aromatic rings.